The standard InChI is InChI=1S/C17H16ClN7O3/c1-11-6-9-24(23-11)16-5-4-15(21-22-16)19-7-8-20-17(26)13-3-2-12(25(27)28)10-14(13)18/h2-6,9-10H,7-8H2,1H3,(H,19,21)(H,20,26). The molecule has 1 aromatic carbocycles. The Labute approximate surface area is 164 Å². The molecule has 0 aliphatic heterocycles. The molecule has 3 rings (SSSR count). The summed E-state index contributed by atoms with van der Waals surface area (Å²) >= 11 is 5.94. The molecule has 0 bridgehead atoms. The third-order valence-electron chi connectivity index (χ3n) is 3.73. The minimum atomic E-state index is -0.572. The average Bonchev–Trinajstić information content (AvgIpc) is 3.11. The molecule has 0 saturated heterocycles. The second-order valence-electron chi connectivity index (χ2n) is 5.78. The predicted octanol–water partition coefficient (Wildman–Crippen LogP) is 2.37. The summed E-state index contributed by atoms with van der Waals surface area (Å²) in [5.41, 5.74) is 0.884. The number of carbonyl (C=O) groups excluding carboxylic acids is 1. The average molecular weight is 402 g/mol. The van der Waals surface area contributed by atoms with E-state index in [0.29, 0.717) is 24.7 Å². The highest BCUT2D eigenvalue weighted by atomic mass is 35.5. The molecule has 10 nitrogen and oxygen atoms in total. The summed E-state index contributed by atoms with van der Waals surface area (Å²) in [6.45, 7) is 2.59. The number of nitrogens with one attached hydrogen (secondary N) is 2. The molecule has 0 fully saturated rings. The highest BCUT2D eigenvalue weighted by molar-refractivity contribution is 6.34. The van der Waals surface area contributed by atoms with Crippen molar-refractivity contribution in [3.63, 3.8) is 0 Å². The molecule has 0 aliphatic rings. The Hall–Kier alpha value is -3.53. The van der Waals surface area contributed by atoms with Gasteiger partial charge >= 0.3 is 0 Å². The second kappa shape index (κ2) is 8.44. The fourth-order valence-corrected chi connectivity index (χ4v) is 2.61. The van der Waals surface area contributed by atoms with E-state index in [4.69, 9.17) is 11.6 Å². The summed E-state index contributed by atoms with van der Waals surface area (Å²) < 4.78 is 1.63. The molecular weight excluding hydrogens is 386 g/mol. The first kappa shape index (κ1) is 19.2. The van der Waals surface area contributed by atoms with Crippen molar-refractivity contribution in [2.24, 2.45) is 0 Å². The third kappa shape index (κ3) is 4.60. The van der Waals surface area contributed by atoms with Crippen LogP contribution in [-0.2, 0) is 0 Å². The zero-order chi connectivity index (χ0) is 20.1. The number of anilines is 1. The molecule has 0 atom stereocenters. The molecule has 28 heavy (non-hydrogen) atoms. The van der Waals surface area contributed by atoms with E-state index in [0.717, 1.165) is 11.8 Å². The first-order chi connectivity index (χ1) is 13.4. The van der Waals surface area contributed by atoms with Crippen molar-refractivity contribution in [3.8, 4) is 5.82 Å². The van der Waals surface area contributed by atoms with Gasteiger partial charge in [0.1, 0.15) is 5.82 Å². The smallest absolute Gasteiger partial charge is 0.270 e. The van der Waals surface area contributed by atoms with Gasteiger partial charge in [0.05, 0.1) is 21.2 Å². The maximum atomic E-state index is 12.1. The maximum absolute atomic E-state index is 12.1. The molecule has 1 amide bonds. The monoisotopic (exact) mass is 401 g/mol. The van der Waals surface area contributed by atoms with E-state index in [1.54, 1.807) is 23.0 Å². The quantitative estimate of drug-likeness (QED) is 0.353. The van der Waals surface area contributed by atoms with Crippen LogP contribution in [0.5, 0.6) is 0 Å². The number of amides is 1. The van der Waals surface area contributed by atoms with E-state index < -0.39 is 10.8 Å². The highest BCUT2D eigenvalue weighted by Crippen LogP contribution is 2.22. The Morgan fingerprint density at radius 3 is 2.64 bits per heavy atom. The molecule has 0 saturated carbocycles. The minimum Gasteiger partial charge on any atom is -0.367 e. The van der Waals surface area contributed by atoms with Gasteiger partial charge in [0, 0.05) is 31.4 Å². The van der Waals surface area contributed by atoms with Gasteiger partial charge in [-0.05, 0) is 31.2 Å². The Morgan fingerprint density at radius 2 is 2.04 bits per heavy atom. The highest BCUT2D eigenvalue weighted by Gasteiger charge is 2.14. The number of aryl methyl sites for hydroxylation is 1. The zero-order valence-electron chi connectivity index (χ0n) is 14.8. The molecule has 2 heterocycles. The number of nitrogens with zero attached hydrogens (tertiary/aromatic N) is 5. The normalized spacial score (nSPS) is 10.5. The lowest BCUT2D eigenvalue weighted by atomic mass is 10.2. The predicted molar refractivity (Wildman–Crippen MR) is 103 cm³/mol. The van der Waals surface area contributed by atoms with Crippen molar-refractivity contribution in [3.05, 3.63) is 69.0 Å². The van der Waals surface area contributed by atoms with Gasteiger partial charge in [-0.2, -0.15) is 5.10 Å². The van der Waals surface area contributed by atoms with Crippen LogP contribution in [-0.4, -0.2) is 43.9 Å². The van der Waals surface area contributed by atoms with E-state index in [-0.39, 0.29) is 16.3 Å². The molecule has 0 radical (unpaired) electrons. The summed E-state index contributed by atoms with van der Waals surface area (Å²) in [6, 6.07) is 9.10. The van der Waals surface area contributed by atoms with Gasteiger partial charge in [0.25, 0.3) is 11.6 Å². The largest absolute Gasteiger partial charge is 0.367 e. The number of non-ortho nitro benzene ring substituents is 1. The molecule has 11 heteroatoms. The lowest BCUT2D eigenvalue weighted by Crippen LogP contribution is -2.29. The maximum Gasteiger partial charge on any atom is 0.270 e. The Bertz CT molecular complexity index is 1000. The molecule has 0 aliphatic carbocycles. The lowest BCUT2D eigenvalue weighted by molar-refractivity contribution is -0.384. The third-order valence-corrected chi connectivity index (χ3v) is 4.05. The molecule has 0 spiro atoms. The number of hydrogen-bond donors (Lipinski definition) is 2. The Balaban J connectivity index is 1.49. The molecule has 2 N–H and O–H groups in total. The van der Waals surface area contributed by atoms with Crippen molar-refractivity contribution in [2.45, 2.75) is 6.92 Å². The van der Waals surface area contributed by atoms with Gasteiger partial charge in [0.15, 0.2) is 5.82 Å². The van der Waals surface area contributed by atoms with E-state index in [2.05, 4.69) is 25.9 Å². The van der Waals surface area contributed by atoms with Crippen LogP contribution in [0.15, 0.2) is 42.6 Å². The van der Waals surface area contributed by atoms with E-state index in [9.17, 15) is 14.9 Å². The Kier molecular flexibility index (Phi) is 5.80. The number of nitro groups is 1. The van der Waals surface area contributed by atoms with Crippen molar-refractivity contribution in [1.82, 2.24) is 25.3 Å². The van der Waals surface area contributed by atoms with Crippen molar-refractivity contribution < 1.29 is 9.72 Å². The minimum absolute atomic E-state index is 0.0231. The van der Waals surface area contributed by atoms with Gasteiger partial charge < -0.3 is 10.6 Å². The topological polar surface area (TPSA) is 128 Å². The summed E-state index contributed by atoms with van der Waals surface area (Å²) in [5.74, 6) is 0.729. The second-order valence-corrected chi connectivity index (χ2v) is 6.19. The first-order valence-electron chi connectivity index (χ1n) is 8.26. The number of rotatable bonds is 7. The first-order valence-corrected chi connectivity index (χ1v) is 8.64. The SMILES string of the molecule is Cc1ccn(-c2ccc(NCCNC(=O)c3ccc([N+](=O)[O-])cc3Cl)nn2)n1. The molecule has 144 valence electrons. The van der Waals surface area contributed by atoms with Crippen LogP contribution >= 0.6 is 11.6 Å². The number of aromatic nitrogens is 4. The molecular formula is C17H16ClN7O3. The summed E-state index contributed by atoms with van der Waals surface area (Å²) in [7, 11) is 0. The van der Waals surface area contributed by atoms with Crippen LogP contribution in [0, 0.1) is 17.0 Å². The van der Waals surface area contributed by atoms with Crippen molar-refractivity contribution >= 4 is 29.0 Å². The van der Waals surface area contributed by atoms with Crippen LogP contribution in [0.25, 0.3) is 5.82 Å². The van der Waals surface area contributed by atoms with Crippen LogP contribution < -0.4 is 10.6 Å². The molecule has 0 unspecified atom stereocenters. The number of hydrogen-bond acceptors (Lipinski definition) is 7. The zero-order valence-corrected chi connectivity index (χ0v) is 15.6. The number of benzene rings is 1. The van der Waals surface area contributed by atoms with E-state index in [1.165, 1.54) is 12.1 Å². The van der Waals surface area contributed by atoms with Crippen LogP contribution in [0.4, 0.5) is 11.5 Å². The number of carbonyl (C=O) groups is 1. The number of nitro benzene ring substituents is 1. The van der Waals surface area contributed by atoms with Crippen LogP contribution in [0.3, 0.4) is 0 Å². The fraction of sp³-hybridized carbons (Fsp3) is 0.176. The van der Waals surface area contributed by atoms with Gasteiger partial charge in [-0.1, -0.05) is 11.6 Å². The van der Waals surface area contributed by atoms with Gasteiger partial charge in [-0.3, -0.25) is 14.9 Å². The van der Waals surface area contributed by atoms with E-state index >= 15 is 0 Å². The number of halogens is 1. The molecule has 2 aromatic heterocycles. The fourth-order valence-electron chi connectivity index (χ4n) is 2.35. The molecule has 3 aromatic rings. The van der Waals surface area contributed by atoms with Gasteiger partial charge in [-0.25, -0.2) is 4.68 Å². The Morgan fingerprint density at radius 1 is 1.21 bits per heavy atom. The van der Waals surface area contributed by atoms with Gasteiger partial charge in [0.2, 0.25) is 0 Å². The summed E-state index contributed by atoms with van der Waals surface area (Å²) in [4.78, 5) is 22.3. The van der Waals surface area contributed by atoms with Crippen LogP contribution in [0.2, 0.25) is 5.02 Å². The van der Waals surface area contributed by atoms with Crippen LogP contribution in [0.1, 0.15) is 16.1 Å². The van der Waals surface area contributed by atoms with Gasteiger partial charge in [-0.15, -0.1) is 10.2 Å². The van der Waals surface area contributed by atoms with E-state index in [1.807, 2.05) is 13.0 Å². The van der Waals surface area contributed by atoms with Crippen molar-refractivity contribution in [2.75, 3.05) is 18.4 Å². The summed E-state index contributed by atoms with van der Waals surface area (Å²) in [5, 5.41) is 28.8. The lowest BCUT2D eigenvalue weighted by Gasteiger charge is -2.08. The van der Waals surface area contributed by atoms with Crippen molar-refractivity contribution in [1.29, 1.82) is 0 Å². The summed E-state index contributed by atoms with van der Waals surface area (Å²) in [6.07, 6.45) is 1.80.